The first-order chi connectivity index (χ1) is 23.0. The number of esters is 7. The zero-order chi connectivity index (χ0) is 37.0. The fraction of sp³-hybridized carbons (Fsp3) is 0.700. The highest BCUT2D eigenvalue weighted by atomic mass is 16.8. The lowest BCUT2D eigenvalue weighted by Gasteiger charge is -2.48. The van der Waals surface area contributed by atoms with Crippen LogP contribution in [0.5, 0.6) is 0 Å². The quantitative estimate of drug-likeness (QED) is 0.124. The lowest BCUT2D eigenvalue weighted by molar-refractivity contribution is -0.363. The molecule has 0 spiro atoms. The molecule has 276 valence electrons. The maximum absolute atomic E-state index is 12.4. The molecule has 0 unspecified atom stereocenters. The van der Waals surface area contributed by atoms with Gasteiger partial charge in [-0.1, -0.05) is 6.08 Å². The van der Waals surface area contributed by atoms with Gasteiger partial charge >= 0.3 is 41.8 Å². The van der Waals surface area contributed by atoms with E-state index < -0.39 is 129 Å². The lowest BCUT2D eigenvalue weighted by atomic mass is 9.96. The van der Waals surface area contributed by atoms with Crippen LogP contribution in [0.15, 0.2) is 12.7 Å². The first-order valence-corrected chi connectivity index (χ1v) is 14.9. The maximum atomic E-state index is 12.4. The number of carbonyl (C=O) groups excluding carboxylic acids is 7. The summed E-state index contributed by atoms with van der Waals surface area (Å²) in [6, 6.07) is 0. The monoisotopic (exact) mass is 706 g/mol. The first-order valence-electron chi connectivity index (χ1n) is 14.9. The first kappa shape index (κ1) is 41.0. The number of ether oxygens (including phenoxy) is 11. The van der Waals surface area contributed by atoms with Crippen molar-refractivity contribution >= 4 is 41.8 Å². The Morgan fingerprint density at radius 1 is 0.571 bits per heavy atom. The zero-order valence-electron chi connectivity index (χ0n) is 28.1. The van der Waals surface area contributed by atoms with E-state index in [0.29, 0.717) is 0 Å². The molecule has 2 aliphatic rings. The van der Waals surface area contributed by atoms with Gasteiger partial charge < -0.3 is 57.2 Å². The van der Waals surface area contributed by atoms with Gasteiger partial charge in [-0.15, -0.1) is 6.58 Å². The molecule has 0 amide bonds. The highest BCUT2D eigenvalue weighted by Gasteiger charge is 2.57. The summed E-state index contributed by atoms with van der Waals surface area (Å²) in [5.74, 6) is -6.03. The number of hydrogen-bond donors (Lipinski definition) is 1. The van der Waals surface area contributed by atoms with Gasteiger partial charge in [0.25, 0.3) is 0 Å². The average Bonchev–Trinajstić information content (AvgIpc) is 2.98. The Hall–Kier alpha value is -4.17. The summed E-state index contributed by atoms with van der Waals surface area (Å²) in [6.45, 7) is 9.12. The molecular formula is C30H42O19. The standard InChI is InChI=1S/C30H42O19/c1-9-20(10-31)46-29-27(44-18(7)37)26(43-17(6)36)24(22(47-29)12-40-14(3)33)49-30-28(45-19(8)38)25(42-16(5)35)23(41-15(4)34)21(48-30)11-39-13(2)32/h9,20-31H,1,10-12H2,2-8H3/t20-,21+,22+,23+,24+,25-,26-,27+,28+,29+,30-/m0/s1. The molecule has 2 heterocycles. The van der Waals surface area contributed by atoms with Crippen LogP contribution >= 0.6 is 0 Å². The van der Waals surface area contributed by atoms with Crippen molar-refractivity contribution in [3.05, 3.63) is 12.7 Å². The summed E-state index contributed by atoms with van der Waals surface area (Å²) < 4.78 is 61.4. The Labute approximate surface area is 281 Å². The molecule has 0 bridgehead atoms. The van der Waals surface area contributed by atoms with Crippen LogP contribution in [0.25, 0.3) is 0 Å². The third kappa shape index (κ3) is 12.7. The third-order valence-corrected chi connectivity index (χ3v) is 6.64. The van der Waals surface area contributed by atoms with Crippen LogP contribution in [0.4, 0.5) is 0 Å². The molecule has 0 aliphatic carbocycles. The van der Waals surface area contributed by atoms with Crippen molar-refractivity contribution in [2.75, 3.05) is 19.8 Å². The summed E-state index contributed by atoms with van der Waals surface area (Å²) in [6.07, 6.45) is -15.9. The average molecular weight is 707 g/mol. The summed E-state index contributed by atoms with van der Waals surface area (Å²) in [7, 11) is 0. The second-order valence-corrected chi connectivity index (χ2v) is 10.8. The highest BCUT2D eigenvalue weighted by molar-refractivity contribution is 5.69. The molecule has 19 heteroatoms. The van der Waals surface area contributed by atoms with Gasteiger partial charge in [-0.25, -0.2) is 0 Å². The Morgan fingerprint density at radius 2 is 0.939 bits per heavy atom. The van der Waals surface area contributed by atoms with Crippen molar-refractivity contribution in [1.29, 1.82) is 0 Å². The molecule has 0 aromatic carbocycles. The van der Waals surface area contributed by atoms with Crippen LogP contribution in [0.1, 0.15) is 48.5 Å². The summed E-state index contributed by atoms with van der Waals surface area (Å²) in [4.78, 5) is 84.9. The Balaban J connectivity index is 2.75. The van der Waals surface area contributed by atoms with E-state index in [0.717, 1.165) is 48.5 Å². The van der Waals surface area contributed by atoms with Gasteiger partial charge in [0.2, 0.25) is 0 Å². The van der Waals surface area contributed by atoms with E-state index >= 15 is 0 Å². The molecule has 2 rings (SSSR count). The second kappa shape index (κ2) is 19.1. The normalized spacial score (nSPS) is 30.0. The molecule has 0 radical (unpaired) electrons. The van der Waals surface area contributed by atoms with Gasteiger partial charge in [-0.2, -0.15) is 0 Å². The van der Waals surface area contributed by atoms with Gasteiger partial charge in [0, 0.05) is 48.5 Å². The minimum Gasteiger partial charge on any atom is -0.463 e. The van der Waals surface area contributed by atoms with Crippen molar-refractivity contribution in [3.8, 4) is 0 Å². The Morgan fingerprint density at radius 3 is 1.35 bits per heavy atom. The minimum absolute atomic E-state index is 0.584. The topological polar surface area (TPSA) is 241 Å². The van der Waals surface area contributed by atoms with E-state index in [9.17, 15) is 38.7 Å². The predicted octanol–water partition coefficient (Wildman–Crippen LogP) is -0.830. The van der Waals surface area contributed by atoms with Crippen molar-refractivity contribution in [2.24, 2.45) is 0 Å². The van der Waals surface area contributed by atoms with Gasteiger partial charge in [0.1, 0.15) is 37.6 Å². The van der Waals surface area contributed by atoms with E-state index in [1.165, 1.54) is 6.08 Å². The van der Waals surface area contributed by atoms with Crippen LogP contribution in [-0.2, 0) is 85.7 Å². The minimum atomic E-state index is -1.82. The van der Waals surface area contributed by atoms with Gasteiger partial charge in [0.15, 0.2) is 43.1 Å². The molecule has 49 heavy (non-hydrogen) atoms. The fourth-order valence-corrected chi connectivity index (χ4v) is 4.93. The van der Waals surface area contributed by atoms with E-state index in [1.54, 1.807) is 0 Å². The molecule has 11 atom stereocenters. The fourth-order valence-electron chi connectivity index (χ4n) is 4.93. The van der Waals surface area contributed by atoms with Crippen molar-refractivity contribution in [2.45, 2.75) is 116 Å². The van der Waals surface area contributed by atoms with Crippen LogP contribution in [0.3, 0.4) is 0 Å². The Bertz CT molecular complexity index is 1220. The van der Waals surface area contributed by atoms with Gasteiger partial charge in [-0.05, 0) is 0 Å². The molecule has 2 aliphatic heterocycles. The number of aliphatic hydroxyl groups is 1. The van der Waals surface area contributed by atoms with Crippen molar-refractivity contribution in [1.82, 2.24) is 0 Å². The molecule has 2 fully saturated rings. The van der Waals surface area contributed by atoms with E-state index in [4.69, 9.17) is 52.1 Å². The SMILES string of the molecule is C=C[C@@H](CO)O[C@@H]1O[C@H](COC(C)=O)[C@@H](O[C@@H]2O[C@H](COC(C)=O)[C@@H](OC(C)=O)[C@H](OC(C)=O)[C@H]2OC(C)=O)[C@H](OC(C)=O)[C@H]1OC(C)=O. The number of carbonyl (C=O) groups is 7. The maximum Gasteiger partial charge on any atom is 0.303 e. The Kier molecular flexibility index (Phi) is 16.0. The van der Waals surface area contributed by atoms with Gasteiger partial charge in [0.05, 0.1) is 6.61 Å². The molecule has 0 aromatic heterocycles. The largest absolute Gasteiger partial charge is 0.463 e. The van der Waals surface area contributed by atoms with Crippen LogP contribution in [0.2, 0.25) is 0 Å². The van der Waals surface area contributed by atoms with Crippen LogP contribution in [-0.4, -0.2) is 134 Å². The third-order valence-electron chi connectivity index (χ3n) is 6.64. The van der Waals surface area contributed by atoms with E-state index in [-0.39, 0.29) is 0 Å². The van der Waals surface area contributed by atoms with E-state index in [1.807, 2.05) is 0 Å². The van der Waals surface area contributed by atoms with Crippen LogP contribution in [0, 0.1) is 0 Å². The summed E-state index contributed by atoms with van der Waals surface area (Å²) in [5.41, 5.74) is 0. The predicted molar refractivity (Wildman–Crippen MR) is 155 cm³/mol. The molecule has 2 saturated heterocycles. The molecule has 0 aromatic rings. The smallest absolute Gasteiger partial charge is 0.303 e. The van der Waals surface area contributed by atoms with Crippen molar-refractivity contribution in [3.63, 3.8) is 0 Å². The van der Waals surface area contributed by atoms with Crippen LogP contribution < -0.4 is 0 Å². The number of aliphatic hydroxyl groups excluding tert-OH is 1. The molecule has 0 saturated carbocycles. The summed E-state index contributed by atoms with van der Waals surface area (Å²) in [5, 5.41) is 9.72. The summed E-state index contributed by atoms with van der Waals surface area (Å²) >= 11 is 0. The second-order valence-electron chi connectivity index (χ2n) is 10.8. The van der Waals surface area contributed by atoms with Gasteiger partial charge in [-0.3, -0.25) is 33.6 Å². The molecule has 1 N–H and O–H groups in total. The highest BCUT2D eigenvalue weighted by Crippen LogP contribution is 2.35. The molecular weight excluding hydrogens is 664 g/mol. The molecule has 19 nitrogen and oxygen atoms in total. The van der Waals surface area contributed by atoms with E-state index in [2.05, 4.69) is 6.58 Å². The number of rotatable bonds is 15. The lowest BCUT2D eigenvalue weighted by Crippen LogP contribution is -2.67. The van der Waals surface area contributed by atoms with Crippen molar-refractivity contribution < 1.29 is 90.8 Å². The number of hydrogen-bond acceptors (Lipinski definition) is 19. The zero-order valence-corrected chi connectivity index (χ0v) is 28.1.